The van der Waals surface area contributed by atoms with Crippen molar-refractivity contribution >= 4 is 46.1 Å². The highest BCUT2D eigenvalue weighted by Crippen LogP contribution is 2.17. The third-order valence-electron chi connectivity index (χ3n) is 4.38. The molecule has 1 aromatic rings. The summed E-state index contributed by atoms with van der Waals surface area (Å²) >= 11 is 10.4. The highest BCUT2D eigenvalue weighted by molar-refractivity contribution is 7.80. The van der Waals surface area contributed by atoms with Crippen LogP contribution in [-0.2, 0) is 11.3 Å². The van der Waals surface area contributed by atoms with Gasteiger partial charge in [-0.1, -0.05) is 0 Å². The largest absolute Gasteiger partial charge is 0.458 e. The molecule has 1 aliphatic heterocycles. The van der Waals surface area contributed by atoms with Crippen molar-refractivity contribution in [2.75, 3.05) is 26.2 Å². The summed E-state index contributed by atoms with van der Waals surface area (Å²) in [6.45, 7) is 13.8. The predicted molar refractivity (Wildman–Crippen MR) is 132 cm³/mol. The molecule has 0 amide bonds. The fourth-order valence-electron chi connectivity index (χ4n) is 3.23. The number of morpholine rings is 1. The first kappa shape index (κ1) is 25.2. The van der Waals surface area contributed by atoms with E-state index in [0.29, 0.717) is 47.0 Å². The van der Waals surface area contributed by atoms with Crippen LogP contribution in [0.2, 0.25) is 0 Å². The number of hydrazone groups is 2. The van der Waals surface area contributed by atoms with Crippen LogP contribution < -0.4 is 21.5 Å². The number of hydrogen-bond acceptors (Lipinski definition) is 7. The first-order valence-electron chi connectivity index (χ1n) is 10.5. The lowest BCUT2D eigenvalue weighted by Crippen LogP contribution is -2.44. The Morgan fingerprint density at radius 3 is 2.19 bits per heavy atom. The van der Waals surface area contributed by atoms with Crippen molar-refractivity contribution in [2.24, 2.45) is 10.2 Å². The molecular formula is C20H33N7O2S2. The molecule has 2 unspecified atom stereocenters. The van der Waals surface area contributed by atoms with Gasteiger partial charge in [-0.3, -0.25) is 15.8 Å². The van der Waals surface area contributed by atoms with Crippen LogP contribution in [0.3, 0.4) is 0 Å². The molecule has 1 saturated heterocycles. The number of furan rings is 1. The summed E-state index contributed by atoms with van der Waals surface area (Å²) in [6, 6.07) is 3.85. The highest BCUT2D eigenvalue weighted by atomic mass is 32.1. The van der Waals surface area contributed by atoms with Crippen LogP contribution >= 0.6 is 24.4 Å². The number of nitrogens with zero attached hydrogens (tertiary/aromatic N) is 3. The van der Waals surface area contributed by atoms with Gasteiger partial charge in [0.15, 0.2) is 16.0 Å². The second-order valence-electron chi connectivity index (χ2n) is 7.32. The van der Waals surface area contributed by atoms with Gasteiger partial charge in [-0.15, -0.1) is 0 Å². The highest BCUT2D eigenvalue weighted by Gasteiger charge is 2.23. The van der Waals surface area contributed by atoms with Gasteiger partial charge in [0.05, 0.1) is 24.5 Å². The average Bonchev–Trinajstić information content (AvgIpc) is 3.14. The molecule has 1 fully saturated rings. The normalized spacial score (nSPS) is 20.3. The molecule has 172 valence electrons. The van der Waals surface area contributed by atoms with Gasteiger partial charge in [0.1, 0.15) is 11.5 Å². The molecule has 31 heavy (non-hydrogen) atoms. The van der Waals surface area contributed by atoms with Gasteiger partial charge in [0, 0.05) is 26.2 Å². The number of rotatable bonds is 8. The third kappa shape index (κ3) is 8.52. The molecule has 0 spiro atoms. The lowest BCUT2D eigenvalue weighted by Gasteiger charge is -2.34. The number of ether oxygens (including phenoxy) is 1. The minimum absolute atomic E-state index is 0.201. The van der Waals surface area contributed by atoms with Crippen molar-refractivity contribution in [1.29, 1.82) is 0 Å². The molecule has 11 heteroatoms. The Bertz CT molecular complexity index is 799. The van der Waals surface area contributed by atoms with Crippen LogP contribution in [0.15, 0.2) is 26.8 Å². The number of hydrogen-bond donors (Lipinski definition) is 4. The summed E-state index contributed by atoms with van der Waals surface area (Å²) < 4.78 is 11.9. The van der Waals surface area contributed by atoms with E-state index >= 15 is 0 Å². The molecule has 0 aliphatic carbocycles. The van der Waals surface area contributed by atoms with Crippen LogP contribution in [0.4, 0.5) is 0 Å². The smallest absolute Gasteiger partial charge is 0.186 e. The van der Waals surface area contributed by atoms with Crippen LogP contribution in [-0.4, -0.2) is 64.9 Å². The van der Waals surface area contributed by atoms with E-state index in [2.05, 4.69) is 50.4 Å². The van der Waals surface area contributed by atoms with E-state index in [1.165, 1.54) is 0 Å². The zero-order chi connectivity index (χ0) is 22.8. The summed E-state index contributed by atoms with van der Waals surface area (Å²) in [4.78, 5) is 2.33. The molecule has 2 heterocycles. The Morgan fingerprint density at radius 1 is 1.03 bits per heavy atom. The van der Waals surface area contributed by atoms with Crippen LogP contribution in [0.1, 0.15) is 46.1 Å². The SMILES string of the molecule is CCNC(=S)N/N=C(/C(C)=N/NC(=S)NCC)c1ccc(CN2CC(C)OC(C)C2)o1. The Balaban J connectivity index is 2.17. The summed E-state index contributed by atoms with van der Waals surface area (Å²) in [7, 11) is 0. The number of thiocarbonyl (C=S) groups is 2. The standard InChI is InChI=1S/C20H33N7O2S2/c1-6-21-19(30)25-23-15(5)18(24-26-20(31)22-7-2)17-9-8-16(29-17)12-27-10-13(3)28-14(4)11-27/h8-9,13-14H,6-7,10-12H2,1-5H3,(H2,21,25,30)(H2,22,26,31)/b23-15+,24-18-. The molecule has 1 aliphatic rings. The van der Waals surface area contributed by atoms with Gasteiger partial charge in [-0.2, -0.15) is 10.2 Å². The summed E-state index contributed by atoms with van der Waals surface area (Å²) in [5, 5.41) is 15.6. The van der Waals surface area contributed by atoms with E-state index in [0.717, 1.165) is 18.8 Å². The molecule has 0 aromatic carbocycles. The van der Waals surface area contributed by atoms with E-state index < -0.39 is 0 Å². The zero-order valence-corrected chi connectivity index (χ0v) is 20.5. The minimum atomic E-state index is 0.201. The van der Waals surface area contributed by atoms with Gasteiger partial charge in [0.25, 0.3) is 0 Å². The Hall–Kier alpha value is -2.08. The average molecular weight is 468 g/mol. The van der Waals surface area contributed by atoms with E-state index in [9.17, 15) is 0 Å². The lowest BCUT2D eigenvalue weighted by molar-refractivity contribution is -0.0718. The van der Waals surface area contributed by atoms with Crippen LogP contribution in [0.25, 0.3) is 0 Å². The first-order chi connectivity index (χ1) is 14.8. The van der Waals surface area contributed by atoms with Crippen molar-refractivity contribution in [1.82, 2.24) is 26.4 Å². The van der Waals surface area contributed by atoms with Gasteiger partial charge < -0.3 is 19.8 Å². The molecular weight excluding hydrogens is 434 g/mol. The maximum absolute atomic E-state index is 6.11. The third-order valence-corrected chi connectivity index (χ3v) is 4.85. The van der Waals surface area contributed by atoms with E-state index in [4.69, 9.17) is 33.6 Å². The fourth-order valence-corrected chi connectivity index (χ4v) is 3.61. The van der Waals surface area contributed by atoms with E-state index in [1.54, 1.807) is 0 Å². The Kier molecular flexibility index (Phi) is 10.3. The molecule has 0 saturated carbocycles. The summed E-state index contributed by atoms with van der Waals surface area (Å²) in [5.41, 5.74) is 6.79. The minimum Gasteiger partial charge on any atom is -0.458 e. The molecule has 1 aromatic heterocycles. The predicted octanol–water partition coefficient (Wildman–Crippen LogP) is 1.94. The van der Waals surface area contributed by atoms with Gasteiger partial charge in [0.2, 0.25) is 0 Å². The Labute approximate surface area is 195 Å². The molecule has 2 atom stereocenters. The summed E-state index contributed by atoms with van der Waals surface area (Å²) in [5.74, 6) is 1.44. The van der Waals surface area contributed by atoms with Crippen molar-refractivity contribution in [3.63, 3.8) is 0 Å². The summed E-state index contributed by atoms with van der Waals surface area (Å²) in [6.07, 6.45) is 0.403. The van der Waals surface area contributed by atoms with Crippen molar-refractivity contribution < 1.29 is 9.15 Å². The second-order valence-corrected chi connectivity index (χ2v) is 8.13. The maximum Gasteiger partial charge on any atom is 0.186 e. The Morgan fingerprint density at radius 2 is 1.61 bits per heavy atom. The van der Waals surface area contributed by atoms with Crippen LogP contribution in [0, 0.1) is 0 Å². The van der Waals surface area contributed by atoms with E-state index in [-0.39, 0.29) is 12.2 Å². The van der Waals surface area contributed by atoms with Crippen LogP contribution in [0.5, 0.6) is 0 Å². The van der Waals surface area contributed by atoms with Gasteiger partial charge in [-0.25, -0.2) is 0 Å². The second kappa shape index (κ2) is 12.7. The van der Waals surface area contributed by atoms with Crippen molar-refractivity contribution in [3.05, 3.63) is 23.7 Å². The fraction of sp³-hybridized carbons (Fsp3) is 0.600. The molecule has 9 nitrogen and oxygen atoms in total. The zero-order valence-electron chi connectivity index (χ0n) is 18.8. The van der Waals surface area contributed by atoms with Gasteiger partial charge in [-0.05, 0) is 71.2 Å². The first-order valence-corrected chi connectivity index (χ1v) is 11.3. The molecule has 0 radical (unpaired) electrons. The maximum atomic E-state index is 6.11. The number of nitrogens with one attached hydrogen (secondary N) is 4. The molecule has 0 bridgehead atoms. The monoisotopic (exact) mass is 467 g/mol. The molecule has 2 rings (SSSR count). The molecule has 4 N–H and O–H groups in total. The van der Waals surface area contributed by atoms with Gasteiger partial charge >= 0.3 is 0 Å². The van der Waals surface area contributed by atoms with E-state index in [1.807, 2.05) is 32.9 Å². The van der Waals surface area contributed by atoms with Crippen molar-refractivity contribution in [3.8, 4) is 0 Å². The lowest BCUT2D eigenvalue weighted by atomic mass is 10.2. The topological polar surface area (TPSA) is 98.5 Å². The van der Waals surface area contributed by atoms with Crippen molar-refractivity contribution in [2.45, 2.75) is 53.4 Å². The quantitative estimate of drug-likeness (QED) is 0.260.